The molecule has 1 saturated carbocycles. The van der Waals surface area contributed by atoms with Gasteiger partial charge in [-0.05, 0) is 19.3 Å². The maximum atomic E-state index is 11.3. The zero-order valence-electron chi connectivity index (χ0n) is 7.42. The molecule has 0 aromatic rings. The molecular formula is C9H14N2O. The van der Waals surface area contributed by atoms with Crippen molar-refractivity contribution >= 4 is 5.91 Å². The highest BCUT2D eigenvalue weighted by molar-refractivity contribution is 5.76. The van der Waals surface area contributed by atoms with Crippen LogP contribution in [0.15, 0.2) is 0 Å². The molecule has 3 heteroatoms. The molecule has 66 valence electrons. The van der Waals surface area contributed by atoms with Crippen molar-refractivity contribution in [2.75, 3.05) is 7.05 Å². The molecule has 0 unspecified atom stereocenters. The van der Waals surface area contributed by atoms with Gasteiger partial charge in [-0.3, -0.25) is 4.79 Å². The van der Waals surface area contributed by atoms with Crippen LogP contribution < -0.4 is 0 Å². The molecule has 12 heavy (non-hydrogen) atoms. The molecule has 0 bridgehead atoms. The Labute approximate surface area is 73.0 Å². The first kappa shape index (κ1) is 9.05. The second-order valence-electron chi connectivity index (χ2n) is 3.25. The van der Waals surface area contributed by atoms with Gasteiger partial charge in [-0.1, -0.05) is 0 Å². The van der Waals surface area contributed by atoms with E-state index in [0.29, 0.717) is 18.9 Å². The van der Waals surface area contributed by atoms with Gasteiger partial charge in [0.15, 0.2) is 0 Å². The molecule has 3 nitrogen and oxygen atoms in total. The molecule has 0 aliphatic heterocycles. The van der Waals surface area contributed by atoms with E-state index in [1.54, 1.807) is 4.90 Å². The van der Waals surface area contributed by atoms with Crippen molar-refractivity contribution < 1.29 is 4.79 Å². The fraction of sp³-hybridized carbons (Fsp3) is 0.778. The van der Waals surface area contributed by atoms with E-state index in [2.05, 4.69) is 0 Å². The van der Waals surface area contributed by atoms with Crippen LogP contribution in [0, 0.1) is 11.3 Å². The van der Waals surface area contributed by atoms with Crippen LogP contribution in [0.4, 0.5) is 0 Å². The molecule has 0 spiro atoms. The highest BCUT2D eigenvalue weighted by Crippen LogP contribution is 2.23. The second kappa shape index (κ2) is 4.10. The number of hydrogen-bond acceptors (Lipinski definition) is 2. The van der Waals surface area contributed by atoms with Gasteiger partial charge >= 0.3 is 0 Å². The quantitative estimate of drug-likeness (QED) is 0.634. The summed E-state index contributed by atoms with van der Waals surface area (Å²) >= 11 is 0. The Balaban J connectivity index is 2.26. The first-order chi connectivity index (χ1) is 5.75. The highest BCUT2D eigenvalue weighted by atomic mass is 16.2. The van der Waals surface area contributed by atoms with E-state index >= 15 is 0 Å². The van der Waals surface area contributed by atoms with Crippen molar-refractivity contribution in [1.82, 2.24) is 4.90 Å². The van der Waals surface area contributed by atoms with Crippen LogP contribution in [0.5, 0.6) is 0 Å². The smallest absolute Gasteiger partial charge is 0.223 e. The first-order valence-electron chi connectivity index (χ1n) is 4.38. The average Bonchev–Trinajstić information content (AvgIpc) is 1.96. The van der Waals surface area contributed by atoms with E-state index in [9.17, 15) is 4.79 Å². The van der Waals surface area contributed by atoms with Crippen molar-refractivity contribution in [2.45, 2.75) is 38.1 Å². The average molecular weight is 166 g/mol. The maximum absolute atomic E-state index is 11.3. The summed E-state index contributed by atoms with van der Waals surface area (Å²) in [6, 6.07) is 2.44. The lowest BCUT2D eigenvalue weighted by atomic mass is 9.91. The highest BCUT2D eigenvalue weighted by Gasteiger charge is 2.24. The van der Waals surface area contributed by atoms with Gasteiger partial charge in [0, 0.05) is 25.9 Å². The molecule has 1 amide bonds. The maximum Gasteiger partial charge on any atom is 0.223 e. The summed E-state index contributed by atoms with van der Waals surface area (Å²) in [7, 11) is 1.84. The zero-order chi connectivity index (χ0) is 8.97. The molecule has 1 fully saturated rings. The Hall–Kier alpha value is -1.04. The molecule has 0 radical (unpaired) electrons. The van der Waals surface area contributed by atoms with E-state index in [4.69, 9.17) is 5.26 Å². The van der Waals surface area contributed by atoms with Crippen molar-refractivity contribution in [2.24, 2.45) is 0 Å². The summed E-state index contributed by atoms with van der Waals surface area (Å²) in [5.74, 6) is 0.112. The molecular weight excluding hydrogens is 152 g/mol. The zero-order valence-corrected chi connectivity index (χ0v) is 7.42. The van der Waals surface area contributed by atoms with Crippen molar-refractivity contribution in [3.63, 3.8) is 0 Å². The first-order valence-corrected chi connectivity index (χ1v) is 4.38. The van der Waals surface area contributed by atoms with Crippen LogP contribution in [-0.2, 0) is 4.79 Å². The number of carbonyl (C=O) groups excluding carboxylic acids is 1. The van der Waals surface area contributed by atoms with Crippen molar-refractivity contribution in [3.05, 3.63) is 0 Å². The third-order valence-corrected chi connectivity index (χ3v) is 2.47. The third kappa shape index (κ3) is 1.97. The van der Waals surface area contributed by atoms with Crippen LogP contribution in [0.2, 0.25) is 0 Å². The van der Waals surface area contributed by atoms with Gasteiger partial charge in [0.1, 0.15) is 0 Å². The molecule has 0 atom stereocenters. The number of nitrogens with zero attached hydrogens (tertiary/aromatic N) is 2. The minimum absolute atomic E-state index is 0.112. The van der Waals surface area contributed by atoms with Crippen LogP contribution in [0.3, 0.4) is 0 Å². The van der Waals surface area contributed by atoms with Crippen LogP contribution >= 0.6 is 0 Å². The Morgan fingerprint density at radius 1 is 1.67 bits per heavy atom. The van der Waals surface area contributed by atoms with Crippen molar-refractivity contribution in [1.29, 1.82) is 5.26 Å². The molecule has 0 aromatic carbocycles. The molecule has 1 rings (SSSR count). The minimum atomic E-state index is 0.112. The topological polar surface area (TPSA) is 44.1 Å². The van der Waals surface area contributed by atoms with E-state index in [0.717, 1.165) is 12.8 Å². The van der Waals surface area contributed by atoms with Gasteiger partial charge in [-0.2, -0.15) is 5.26 Å². The lowest BCUT2D eigenvalue weighted by Gasteiger charge is -2.34. The predicted molar refractivity (Wildman–Crippen MR) is 45.3 cm³/mol. The fourth-order valence-electron chi connectivity index (χ4n) is 1.32. The number of nitriles is 1. The van der Waals surface area contributed by atoms with Gasteiger partial charge in [-0.25, -0.2) is 0 Å². The predicted octanol–water partition coefficient (Wildman–Crippen LogP) is 1.30. The Morgan fingerprint density at radius 3 is 2.75 bits per heavy atom. The summed E-state index contributed by atoms with van der Waals surface area (Å²) in [6.45, 7) is 0. The van der Waals surface area contributed by atoms with Gasteiger partial charge in [-0.15, -0.1) is 0 Å². The molecule has 0 heterocycles. The molecule has 0 N–H and O–H groups in total. The van der Waals surface area contributed by atoms with Gasteiger partial charge in [0.05, 0.1) is 6.07 Å². The van der Waals surface area contributed by atoms with Crippen LogP contribution in [0.25, 0.3) is 0 Å². The summed E-state index contributed by atoms with van der Waals surface area (Å²) in [6.07, 6.45) is 4.23. The number of hydrogen-bond donors (Lipinski definition) is 0. The van der Waals surface area contributed by atoms with Crippen LogP contribution in [-0.4, -0.2) is 23.9 Å². The normalized spacial score (nSPS) is 16.3. The lowest BCUT2D eigenvalue weighted by molar-refractivity contribution is -0.133. The number of amides is 1. The lowest BCUT2D eigenvalue weighted by Crippen LogP contribution is -2.41. The van der Waals surface area contributed by atoms with Gasteiger partial charge in [0.25, 0.3) is 0 Å². The van der Waals surface area contributed by atoms with Gasteiger partial charge < -0.3 is 4.90 Å². The van der Waals surface area contributed by atoms with E-state index < -0.39 is 0 Å². The summed E-state index contributed by atoms with van der Waals surface area (Å²) < 4.78 is 0. The van der Waals surface area contributed by atoms with Gasteiger partial charge in [0.2, 0.25) is 5.91 Å². The minimum Gasteiger partial charge on any atom is -0.343 e. The number of carbonyl (C=O) groups is 1. The Morgan fingerprint density at radius 2 is 2.33 bits per heavy atom. The third-order valence-electron chi connectivity index (χ3n) is 2.47. The Kier molecular flexibility index (Phi) is 3.09. The second-order valence-corrected chi connectivity index (χ2v) is 3.25. The van der Waals surface area contributed by atoms with E-state index in [-0.39, 0.29) is 5.91 Å². The molecule has 0 aromatic heterocycles. The summed E-state index contributed by atoms with van der Waals surface area (Å²) in [5, 5.41) is 8.29. The monoisotopic (exact) mass is 166 g/mol. The van der Waals surface area contributed by atoms with Crippen LogP contribution in [0.1, 0.15) is 32.1 Å². The Bertz CT molecular complexity index is 203. The standard InChI is InChI=1S/C9H14N2O/c1-11(8-4-2-5-8)9(12)6-3-7-10/h8H,2-6H2,1H3. The molecule has 0 saturated heterocycles. The fourth-order valence-corrected chi connectivity index (χ4v) is 1.32. The molecule has 1 aliphatic carbocycles. The summed E-state index contributed by atoms with van der Waals surface area (Å²) in [4.78, 5) is 13.1. The number of rotatable bonds is 3. The molecule has 1 aliphatic rings. The van der Waals surface area contributed by atoms with E-state index in [1.807, 2.05) is 13.1 Å². The summed E-state index contributed by atoms with van der Waals surface area (Å²) in [5.41, 5.74) is 0. The largest absolute Gasteiger partial charge is 0.343 e. The SMILES string of the molecule is CN(C(=O)CCC#N)C1CCC1. The van der Waals surface area contributed by atoms with Crippen molar-refractivity contribution in [3.8, 4) is 6.07 Å². The van der Waals surface area contributed by atoms with E-state index in [1.165, 1.54) is 6.42 Å².